The number of rotatable bonds is 4. The summed E-state index contributed by atoms with van der Waals surface area (Å²) >= 11 is 3.38. The normalized spacial score (nSPS) is 17.7. The van der Waals surface area contributed by atoms with Gasteiger partial charge in [0.15, 0.2) is 5.78 Å². The SMILES string of the molecule is O=C1/C(=C/c2ccc(Br)cc2)CC/C1=C\c1ccccc1OC(F)F. The number of para-hydroxylation sites is 1. The molecule has 128 valence electrons. The van der Waals surface area contributed by atoms with E-state index in [-0.39, 0.29) is 11.5 Å². The molecule has 2 aromatic rings. The zero-order valence-electron chi connectivity index (χ0n) is 13.2. The molecule has 1 saturated carbocycles. The van der Waals surface area contributed by atoms with Crippen LogP contribution in [0.25, 0.3) is 12.2 Å². The van der Waals surface area contributed by atoms with Gasteiger partial charge in [-0.3, -0.25) is 4.79 Å². The molecule has 0 heterocycles. The van der Waals surface area contributed by atoms with E-state index >= 15 is 0 Å². The van der Waals surface area contributed by atoms with Gasteiger partial charge in [0.1, 0.15) is 5.75 Å². The Morgan fingerprint density at radius 3 is 2.28 bits per heavy atom. The van der Waals surface area contributed by atoms with E-state index in [1.165, 1.54) is 6.07 Å². The van der Waals surface area contributed by atoms with Crippen molar-refractivity contribution in [1.82, 2.24) is 0 Å². The van der Waals surface area contributed by atoms with Crippen molar-refractivity contribution < 1.29 is 18.3 Å². The highest BCUT2D eigenvalue weighted by Crippen LogP contribution is 2.32. The number of hydrogen-bond acceptors (Lipinski definition) is 2. The average molecular weight is 405 g/mol. The summed E-state index contributed by atoms with van der Waals surface area (Å²) in [5, 5.41) is 0. The van der Waals surface area contributed by atoms with E-state index in [1.54, 1.807) is 24.3 Å². The molecule has 0 aliphatic heterocycles. The van der Waals surface area contributed by atoms with Gasteiger partial charge in [-0.05, 0) is 48.8 Å². The minimum Gasteiger partial charge on any atom is -0.434 e. The first-order valence-corrected chi connectivity index (χ1v) is 8.57. The molecule has 1 aliphatic rings. The maximum absolute atomic E-state index is 12.6. The number of hydrogen-bond donors (Lipinski definition) is 0. The first-order valence-electron chi connectivity index (χ1n) is 7.78. The second-order valence-electron chi connectivity index (χ2n) is 5.64. The Morgan fingerprint density at radius 1 is 0.960 bits per heavy atom. The summed E-state index contributed by atoms with van der Waals surface area (Å²) in [7, 11) is 0. The van der Waals surface area contributed by atoms with Gasteiger partial charge in [-0.25, -0.2) is 0 Å². The van der Waals surface area contributed by atoms with E-state index in [2.05, 4.69) is 20.7 Å². The fourth-order valence-corrected chi connectivity index (χ4v) is 2.99. The van der Waals surface area contributed by atoms with Gasteiger partial charge < -0.3 is 4.74 Å². The third-order valence-electron chi connectivity index (χ3n) is 3.92. The maximum Gasteiger partial charge on any atom is 0.387 e. The Balaban J connectivity index is 1.85. The molecule has 0 N–H and O–H groups in total. The molecule has 1 aliphatic carbocycles. The van der Waals surface area contributed by atoms with E-state index in [4.69, 9.17) is 0 Å². The predicted molar refractivity (Wildman–Crippen MR) is 97.4 cm³/mol. The Morgan fingerprint density at radius 2 is 1.60 bits per heavy atom. The van der Waals surface area contributed by atoms with Crippen LogP contribution in [0, 0.1) is 0 Å². The van der Waals surface area contributed by atoms with Gasteiger partial charge >= 0.3 is 6.61 Å². The second kappa shape index (κ2) is 7.74. The highest BCUT2D eigenvalue weighted by molar-refractivity contribution is 9.10. The van der Waals surface area contributed by atoms with E-state index in [0.717, 1.165) is 15.6 Å². The Kier molecular flexibility index (Phi) is 5.43. The minimum absolute atomic E-state index is 0.0465. The van der Waals surface area contributed by atoms with Gasteiger partial charge in [0.25, 0.3) is 0 Å². The summed E-state index contributed by atoms with van der Waals surface area (Å²) in [5.74, 6) is 0.0258. The number of benzene rings is 2. The molecule has 2 aromatic carbocycles. The molecule has 1 fully saturated rings. The van der Waals surface area contributed by atoms with Crippen LogP contribution in [0.2, 0.25) is 0 Å². The lowest BCUT2D eigenvalue weighted by molar-refractivity contribution is -0.111. The fourth-order valence-electron chi connectivity index (χ4n) is 2.73. The molecule has 5 heteroatoms. The summed E-state index contributed by atoms with van der Waals surface area (Å²) in [4.78, 5) is 12.6. The second-order valence-corrected chi connectivity index (χ2v) is 6.55. The quantitative estimate of drug-likeness (QED) is 0.594. The number of allylic oxidation sites excluding steroid dienone is 2. The molecule has 0 aromatic heterocycles. The number of alkyl halides is 2. The van der Waals surface area contributed by atoms with Crippen molar-refractivity contribution in [3.8, 4) is 5.75 Å². The van der Waals surface area contributed by atoms with E-state index in [9.17, 15) is 13.6 Å². The third-order valence-corrected chi connectivity index (χ3v) is 4.45. The smallest absolute Gasteiger partial charge is 0.387 e. The Labute approximate surface area is 152 Å². The molecular weight excluding hydrogens is 390 g/mol. The topological polar surface area (TPSA) is 26.3 Å². The van der Waals surface area contributed by atoms with Gasteiger partial charge in [-0.1, -0.05) is 46.3 Å². The van der Waals surface area contributed by atoms with Gasteiger partial charge in [0.2, 0.25) is 0 Å². The van der Waals surface area contributed by atoms with Crippen molar-refractivity contribution in [2.75, 3.05) is 0 Å². The first kappa shape index (κ1) is 17.5. The van der Waals surface area contributed by atoms with Crippen LogP contribution in [0.15, 0.2) is 64.1 Å². The number of carbonyl (C=O) groups excluding carboxylic acids is 1. The van der Waals surface area contributed by atoms with Crippen LogP contribution in [0.1, 0.15) is 24.0 Å². The lowest BCUT2D eigenvalue weighted by Gasteiger charge is -2.08. The zero-order chi connectivity index (χ0) is 17.8. The standard InChI is InChI=1S/C20H15BrF2O2/c21-17-9-5-13(6-10-17)11-15-7-8-16(19(15)24)12-14-3-1-2-4-18(14)25-20(22)23/h1-6,9-12,20H,7-8H2/b15-11+,16-12+. The summed E-state index contributed by atoms with van der Waals surface area (Å²) in [6.45, 7) is -2.90. The van der Waals surface area contributed by atoms with Gasteiger partial charge in [0, 0.05) is 21.2 Å². The first-order chi connectivity index (χ1) is 12.0. The van der Waals surface area contributed by atoms with E-state index in [1.807, 2.05) is 30.3 Å². The molecule has 0 saturated heterocycles. The highest BCUT2D eigenvalue weighted by Gasteiger charge is 2.23. The molecule has 0 atom stereocenters. The Bertz CT molecular complexity index is 839. The van der Waals surface area contributed by atoms with Crippen molar-refractivity contribution >= 4 is 33.9 Å². The minimum atomic E-state index is -2.90. The predicted octanol–water partition coefficient (Wildman–Crippen LogP) is 5.88. The molecule has 0 bridgehead atoms. The molecule has 0 radical (unpaired) electrons. The molecule has 25 heavy (non-hydrogen) atoms. The fraction of sp³-hybridized carbons (Fsp3) is 0.150. The summed E-state index contributed by atoms with van der Waals surface area (Å²) in [6, 6.07) is 14.2. The van der Waals surface area contributed by atoms with Crippen LogP contribution in [-0.4, -0.2) is 12.4 Å². The molecular formula is C20H15BrF2O2. The van der Waals surface area contributed by atoms with Crippen molar-refractivity contribution in [3.05, 3.63) is 75.3 Å². The monoisotopic (exact) mass is 404 g/mol. The Hall–Kier alpha value is -2.27. The highest BCUT2D eigenvalue weighted by atomic mass is 79.9. The van der Waals surface area contributed by atoms with Crippen molar-refractivity contribution in [2.24, 2.45) is 0 Å². The third kappa shape index (κ3) is 4.42. The van der Waals surface area contributed by atoms with Crippen LogP contribution in [-0.2, 0) is 4.79 Å². The van der Waals surface area contributed by atoms with Crippen molar-refractivity contribution in [2.45, 2.75) is 19.5 Å². The van der Waals surface area contributed by atoms with E-state index < -0.39 is 6.61 Å². The van der Waals surface area contributed by atoms with Crippen LogP contribution in [0.5, 0.6) is 5.75 Å². The zero-order valence-corrected chi connectivity index (χ0v) is 14.8. The van der Waals surface area contributed by atoms with Crippen LogP contribution < -0.4 is 4.74 Å². The van der Waals surface area contributed by atoms with E-state index in [0.29, 0.717) is 24.0 Å². The number of carbonyl (C=O) groups is 1. The molecule has 3 rings (SSSR count). The molecule has 0 spiro atoms. The largest absolute Gasteiger partial charge is 0.434 e. The molecule has 0 unspecified atom stereocenters. The van der Waals surface area contributed by atoms with Crippen molar-refractivity contribution in [3.63, 3.8) is 0 Å². The number of ether oxygens (including phenoxy) is 1. The average Bonchev–Trinajstić information content (AvgIpc) is 2.91. The summed E-state index contributed by atoms with van der Waals surface area (Å²) in [5.41, 5.74) is 2.76. The van der Waals surface area contributed by atoms with Gasteiger partial charge in [-0.2, -0.15) is 8.78 Å². The van der Waals surface area contributed by atoms with Gasteiger partial charge in [-0.15, -0.1) is 0 Å². The van der Waals surface area contributed by atoms with Crippen molar-refractivity contribution in [1.29, 1.82) is 0 Å². The summed E-state index contributed by atoms with van der Waals surface area (Å²) < 4.78 is 30.5. The molecule has 0 amide bonds. The lowest BCUT2D eigenvalue weighted by atomic mass is 10.1. The van der Waals surface area contributed by atoms with Gasteiger partial charge in [0.05, 0.1) is 0 Å². The van der Waals surface area contributed by atoms with Crippen LogP contribution >= 0.6 is 15.9 Å². The maximum atomic E-state index is 12.6. The lowest BCUT2D eigenvalue weighted by Crippen LogP contribution is -2.03. The summed E-state index contributed by atoms with van der Waals surface area (Å²) in [6.07, 6.45) is 4.74. The molecule has 2 nitrogen and oxygen atoms in total. The number of Topliss-reactive ketones (excluding diaryl/α,β-unsaturated/α-hetero) is 1. The number of ketones is 1. The van der Waals surface area contributed by atoms with Crippen LogP contribution in [0.3, 0.4) is 0 Å². The van der Waals surface area contributed by atoms with Crippen LogP contribution in [0.4, 0.5) is 8.78 Å². The number of halogens is 3.